The lowest BCUT2D eigenvalue weighted by atomic mass is 9.91. The highest BCUT2D eigenvalue weighted by Gasteiger charge is 2.26. The first-order valence-electron chi connectivity index (χ1n) is 16.0. The van der Waals surface area contributed by atoms with E-state index in [4.69, 9.17) is 26.1 Å². The van der Waals surface area contributed by atoms with E-state index in [2.05, 4.69) is 46.4 Å². The molecule has 1 fully saturated rings. The molecule has 3 aromatic heterocycles. The summed E-state index contributed by atoms with van der Waals surface area (Å²) in [5.41, 5.74) is 1.37. The van der Waals surface area contributed by atoms with Crippen molar-refractivity contribution in [2.75, 3.05) is 17.2 Å². The van der Waals surface area contributed by atoms with Gasteiger partial charge in [-0.15, -0.1) is 0 Å². The van der Waals surface area contributed by atoms with Crippen molar-refractivity contribution in [3.05, 3.63) is 53.3 Å². The number of anilines is 2. The van der Waals surface area contributed by atoms with Crippen LogP contribution in [-0.4, -0.2) is 72.2 Å². The Hall–Kier alpha value is -4.72. The Kier molecular flexibility index (Phi) is 10.5. The fourth-order valence-electron chi connectivity index (χ4n) is 5.30. The fourth-order valence-corrected chi connectivity index (χ4v) is 5.50. The Morgan fingerprint density at radius 2 is 1.65 bits per heavy atom. The first-order chi connectivity index (χ1) is 22.7. The molecule has 2 amide bonds. The number of benzene rings is 1. The third-order valence-electron chi connectivity index (χ3n) is 7.40. The number of fused-ring (bicyclic) bond motifs is 1. The van der Waals surface area contributed by atoms with Crippen LogP contribution in [0.2, 0.25) is 5.02 Å². The van der Waals surface area contributed by atoms with Crippen molar-refractivity contribution in [2.45, 2.75) is 96.6 Å². The van der Waals surface area contributed by atoms with Crippen molar-refractivity contribution in [3.63, 3.8) is 0 Å². The van der Waals surface area contributed by atoms with Gasteiger partial charge < -0.3 is 30.7 Å². The summed E-state index contributed by atoms with van der Waals surface area (Å²) < 4.78 is 10.8. The Labute approximate surface area is 284 Å². The first-order valence-corrected chi connectivity index (χ1v) is 16.4. The molecular formula is C33H43ClN10O4. The van der Waals surface area contributed by atoms with Gasteiger partial charge in [-0.1, -0.05) is 23.7 Å². The number of hydrogen-bond donors (Lipinski definition) is 5. The highest BCUT2D eigenvalue weighted by Crippen LogP contribution is 2.27. The van der Waals surface area contributed by atoms with Crippen molar-refractivity contribution in [1.29, 1.82) is 0 Å². The second-order valence-corrected chi connectivity index (χ2v) is 14.2. The minimum absolute atomic E-state index is 0.0747. The number of rotatable bonds is 9. The van der Waals surface area contributed by atoms with E-state index in [0.717, 1.165) is 31.2 Å². The second-order valence-electron chi connectivity index (χ2n) is 13.8. The Morgan fingerprint density at radius 3 is 2.35 bits per heavy atom. The topological polar surface area (TPSA) is 181 Å². The number of nitrogens with zero attached hydrogens (tertiary/aromatic N) is 5. The highest BCUT2D eigenvalue weighted by molar-refractivity contribution is 6.30. The van der Waals surface area contributed by atoms with Crippen molar-refractivity contribution in [3.8, 4) is 11.4 Å². The van der Waals surface area contributed by atoms with Crippen molar-refractivity contribution < 1.29 is 19.1 Å². The Balaban J connectivity index is 1.24. The molecule has 0 spiro atoms. The molecule has 0 bridgehead atoms. The third kappa shape index (κ3) is 9.89. The van der Waals surface area contributed by atoms with Crippen LogP contribution < -0.4 is 21.3 Å². The van der Waals surface area contributed by atoms with Crippen molar-refractivity contribution in [1.82, 2.24) is 40.8 Å². The molecule has 256 valence electrons. The monoisotopic (exact) mass is 678 g/mol. The number of carbonyl (C=O) groups excluding carboxylic acids is 2. The van der Waals surface area contributed by atoms with Crippen LogP contribution >= 0.6 is 11.6 Å². The van der Waals surface area contributed by atoms with E-state index in [1.165, 1.54) is 0 Å². The van der Waals surface area contributed by atoms with Gasteiger partial charge in [0.25, 0.3) is 0 Å². The van der Waals surface area contributed by atoms with Crippen LogP contribution in [0.25, 0.3) is 22.4 Å². The normalized spacial score (nSPS) is 17.3. The average Bonchev–Trinajstić information content (AvgIpc) is 3.42. The number of ether oxygens (including phenoxy) is 2. The van der Waals surface area contributed by atoms with Gasteiger partial charge in [0.1, 0.15) is 16.9 Å². The number of aromatic nitrogens is 6. The lowest BCUT2D eigenvalue weighted by Crippen LogP contribution is -2.42. The van der Waals surface area contributed by atoms with Gasteiger partial charge >= 0.3 is 12.2 Å². The van der Waals surface area contributed by atoms with E-state index < -0.39 is 23.3 Å². The molecule has 14 nitrogen and oxygen atoms in total. The van der Waals surface area contributed by atoms with E-state index >= 15 is 0 Å². The van der Waals surface area contributed by atoms with E-state index in [-0.39, 0.29) is 24.7 Å². The van der Waals surface area contributed by atoms with E-state index in [9.17, 15) is 9.59 Å². The van der Waals surface area contributed by atoms with Gasteiger partial charge in [-0.25, -0.2) is 24.5 Å². The van der Waals surface area contributed by atoms with E-state index in [1.54, 1.807) is 45.3 Å². The summed E-state index contributed by atoms with van der Waals surface area (Å²) in [6.07, 6.45) is 5.79. The molecule has 3 heterocycles. The summed E-state index contributed by atoms with van der Waals surface area (Å²) >= 11 is 6.28. The third-order valence-corrected chi connectivity index (χ3v) is 7.64. The maximum Gasteiger partial charge on any atom is 0.407 e. The quantitative estimate of drug-likeness (QED) is 0.132. The van der Waals surface area contributed by atoms with E-state index in [0.29, 0.717) is 39.3 Å². The number of halogens is 1. The number of carbonyl (C=O) groups is 2. The van der Waals surface area contributed by atoms with Crippen LogP contribution in [0.3, 0.4) is 0 Å². The Morgan fingerprint density at radius 1 is 0.938 bits per heavy atom. The smallest absolute Gasteiger partial charge is 0.407 e. The summed E-state index contributed by atoms with van der Waals surface area (Å²) in [7, 11) is 0. The van der Waals surface area contributed by atoms with Crippen LogP contribution in [0, 0.1) is 0 Å². The second kappa shape index (κ2) is 14.6. The average molecular weight is 679 g/mol. The predicted octanol–water partition coefficient (Wildman–Crippen LogP) is 6.39. The van der Waals surface area contributed by atoms with Crippen molar-refractivity contribution >= 4 is 46.7 Å². The number of nitrogens with one attached hydrogen (secondary N) is 5. The van der Waals surface area contributed by atoms with Gasteiger partial charge in [0.15, 0.2) is 5.65 Å². The molecule has 15 heteroatoms. The lowest BCUT2D eigenvalue weighted by molar-refractivity contribution is 0.0488. The van der Waals surface area contributed by atoms with Gasteiger partial charge in [-0.05, 0) is 91.0 Å². The van der Waals surface area contributed by atoms with Crippen LogP contribution in [0.4, 0.5) is 21.5 Å². The lowest BCUT2D eigenvalue weighted by Gasteiger charge is -2.30. The van der Waals surface area contributed by atoms with E-state index in [1.807, 2.05) is 39.0 Å². The van der Waals surface area contributed by atoms with Gasteiger partial charge in [0.05, 0.1) is 17.1 Å². The minimum atomic E-state index is -0.630. The molecule has 0 aliphatic heterocycles. The molecule has 1 aliphatic rings. The number of H-pyrrole nitrogens is 1. The standard InChI is InChI=1S/C33H43ClN10O4/c1-32(2,3)47-30(45)37-18-25(19-8-7-9-20(34)16-19)41-28-35-15-14-24(40-28)26-23-17-36-29(42-27(23)44-43-26)38-21-10-12-22(13-11-21)39-31(46)48-33(4,5)6/h7-9,14-17,21-22,25H,10-13,18H2,1-6H3,(H,37,45)(H,39,46)(H,35,40,41)(H2,36,38,42,43,44). The molecule has 5 N–H and O–H groups in total. The molecular weight excluding hydrogens is 636 g/mol. The molecule has 1 atom stereocenters. The molecule has 1 saturated carbocycles. The maximum atomic E-state index is 12.4. The SMILES string of the molecule is CC(C)(C)OC(=O)NCC(Nc1nccc(-c2n[nH]c3nc(NC4CCC(NC(=O)OC(C)(C)C)CC4)ncc23)n1)c1cccc(Cl)c1. The maximum absolute atomic E-state index is 12.4. The first kappa shape index (κ1) is 34.6. The van der Waals surface area contributed by atoms with Crippen LogP contribution in [0.1, 0.15) is 78.8 Å². The number of aromatic amines is 1. The van der Waals surface area contributed by atoms with Crippen molar-refractivity contribution in [2.24, 2.45) is 0 Å². The largest absolute Gasteiger partial charge is 0.444 e. The molecule has 0 saturated heterocycles. The summed E-state index contributed by atoms with van der Waals surface area (Å²) in [4.78, 5) is 42.9. The molecule has 48 heavy (non-hydrogen) atoms. The zero-order valence-electron chi connectivity index (χ0n) is 28.1. The highest BCUT2D eigenvalue weighted by atomic mass is 35.5. The molecule has 4 aromatic rings. The van der Waals surface area contributed by atoms with Crippen LogP contribution in [0.5, 0.6) is 0 Å². The van der Waals surface area contributed by atoms with Crippen LogP contribution in [-0.2, 0) is 9.47 Å². The number of amides is 2. The predicted molar refractivity (Wildman–Crippen MR) is 184 cm³/mol. The minimum Gasteiger partial charge on any atom is -0.444 e. The number of hydrogen-bond acceptors (Lipinski definition) is 11. The summed E-state index contributed by atoms with van der Waals surface area (Å²) in [6, 6.07) is 8.93. The fraction of sp³-hybridized carbons (Fsp3) is 0.485. The zero-order valence-corrected chi connectivity index (χ0v) is 28.8. The molecule has 5 rings (SSSR count). The molecule has 1 unspecified atom stereocenters. The van der Waals surface area contributed by atoms with Gasteiger partial charge in [-0.2, -0.15) is 10.1 Å². The van der Waals surface area contributed by atoms with Gasteiger partial charge in [-0.3, -0.25) is 5.10 Å². The summed E-state index contributed by atoms with van der Waals surface area (Å²) in [6.45, 7) is 11.2. The number of alkyl carbamates (subject to hydrolysis) is 2. The summed E-state index contributed by atoms with van der Waals surface area (Å²) in [5.74, 6) is 0.823. The van der Waals surface area contributed by atoms with Gasteiger partial charge in [0, 0.05) is 36.0 Å². The summed E-state index contributed by atoms with van der Waals surface area (Å²) in [5, 5.41) is 21.3. The van der Waals surface area contributed by atoms with Gasteiger partial charge in [0.2, 0.25) is 11.9 Å². The molecule has 1 aliphatic carbocycles. The molecule has 0 radical (unpaired) electrons. The zero-order chi connectivity index (χ0) is 34.5. The molecule has 1 aromatic carbocycles. The Bertz CT molecular complexity index is 1730. The van der Waals surface area contributed by atoms with Crippen LogP contribution in [0.15, 0.2) is 42.7 Å².